The SMILES string of the molecule is CCCCOC[C@H]1O[C@@H](C(C)C)C(OCCCC)C1OCCCC. The summed E-state index contributed by atoms with van der Waals surface area (Å²) in [6.45, 7) is 13.9. The summed E-state index contributed by atoms with van der Waals surface area (Å²) in [5.41, 5.74) is 0. The van der Waals surface area contributed by atoms with E-state index in [1.165, 1.54) is 0 Å². The van der Waals surface area contributed by atoms with E-state index in [-0.39, 0.29) is 24.4 Å². The second-order valence-corrected chi connectivity index (χ2v) is 7.19. The summed E-state index contributed by atoms with van der Waals surface area (Å²) >= 11 is 0. The molecule has 144 valence electrons. The van der Waals surface area contributed by atoms with Gasteiger partial charge in [0.25, 0.3) is 0 Å². The maximum Gasteiger partial charge on any atom is 0.115 e. The highest BCUT2D eigenvalue weighted by Crippen LogP contribution is 2.31. The van der Waals surface area contributed by atoms with Gasteiger partial charge in [0.05, 0.1) is 12.7 Å². The minimum absolute atomic E-state index is 0.0116. The van der Waals surface area contributed by atoms with Crippen LogP contribution in [0.25, 0.3) is 0 Å². The molecule has 0 amide bonds. The Bertz CT molecular complexity index is 295. The molecule has 24 heavy (non-hydrogen) atoms. The number of hydrogen-bond acceptors (Lipinski definition) is 4. The van der Waals surface area contributed by atoms with Gasteiger partial charge >= 0.3 is 0 Å². The summed E-state index contributed by atoms with van der Waals surface area (Å²) < 4.78 is 24.6. The van der Waals surface area contributed by atoms with Crippen molar-refractivity contribution in [2.24, 2.45) is 5.92 Å². The Balaban J connectivity index is 2.67. The summed E-state index contributed by atoms with van der Waals surface area (Å²) in [5, 5.41) is 0. The molecule has 2 unspecified atom stereocenters. The van der Waals surface area contributed by atoms with Crippen molar-refractivity contribution in [3.63, 3.8) is 0 Å². The van der Waals surface area contributed by atoms with Crippen LogP contribution in [0.1, 0.15) is 73.1 Å². The fraction of sp³-hybridized carbons (Fsp3) is 1.00. The quantitative estimate of drug-likeness (QED) is 0.432. The van der Waals surface area contributed by atoms with Crippen molar-refractivity contribution in [3.05, 3.63) is 0 Å². The molecule has 0 bridgehead atoms. The molecule has 1 saturated heterocycles. The van der Waals surface area contributed by atoms with Crippen LogP contribution in [0.15, 0.2) is 0 Å². The first-order valence-electron chi connectivity index (χ1n) is 10.1. The van der Waals surface area contributed by atoms with E-state index < -0.39 is 0 Å². The third-order valence-corrected chi connectivity index (χ3v) is 4.54. The Labute approximate surface area is 149 Å². The largest absolute Gasteiger partial charge is 0.379 e. The highest BCUT2D eigenvalue weighted by Gasteiger charge is 2.47. The lowest BCUT2D eigenvalue weighted by molar-refractivity contribution is -0.0796. The molecule has 1 fully saturated rings. The zero-order valence-electron chi connectivity index (χ0n) is 16.6. The van der Waals surface area contributed by atoms with Gasteiger partial charge in [-0.05, 0) is 25.2 Å². The third kappa shape index (κ3) is 7.38. The van der Waals surface area contributed by atoms with Crippen LogP contribution in [0.4, 0.5) is 0 Å². The minimum atomic E-state index is -0.0160. The van der Waals surface area contributed by atoms with Gasteiger partial charge in [0.15, 0.2) is 0 Å². The molecule has 0 N–H and O–H groups in total. The van der Waals surface area contributed by atoms with Gasteiger partial charge in [0.2, 0.25) is 0 Å². The first-order valence-corrected chi connectivity index (χ1v) is 10.1. The van der Waals surface area contributed by atoms with Crippen molar-refractivity contribution < 1.29 is 18.9 Å². The Morgan fingerprint density at radius 2 is 1.33 bits per heavy atom. The van der Waals surface area contributed by atoms with E-state index in [1.807, 2.05) is 0 Å². The van der Waals surface area contributed by atoms with Gasteiger partial charge in [-0.25, -0.2) is 0 Å². The fourth-order valence-corrected chi connectivity index (χ4v) is 2.99. The van der Waals surface area contributed by atoms with E-state index in [1.54, 1.807) is 0 Å². The molecule has 0 aromatic rings. The molecule has 1 rings (SSSR count). The normalized spacial score (nSPS) is 27.2. The molecule has 1 aliphatic heterocycles. The van der Waals surface area contributed by atoms with Crippen molar-refractivity contribution in [2.75, 3.05) is 26.4 Å². The van der Waals surface area contributed by atoms with E-state index in [0.29, 0.717) is 12.5 Å². The zero-order valence-corrected chi connectivity index (χ0v) is 16.6. The average Bonchev–Trinajstić information content (AvgIpc) is 2.90. The summed E-state index contributed by atoms with van der Waals surface area (Å²) in [5.74, 6) is 0.412. The predicted octanol–water partition coefficient (Wildman–Crippen LogP) is 4.60. The Kier molecular flexibility index (Phi) is 11.9. The molecule has 4 heteroatoms. The number of rotatable bonds is 14. The minimum Gasteiger partial charge on any atom is -0.379 e. The molecule has 0 spiro atoms. The van der Waals surface area contributed by atoms with Gasteiger partial charge in [0.1, 0.15) is 18.3 Å². The molecule has 0 radical (unpaired) electrons. The molecule has 4 nitrogen and oxygen atoms in total. The third-order valence-electron chi connectivity index (χ3n) is 4.54. The Morgan fingerprint density at radius 1 is 0.792 bits per heavy atom. The van der Waals surface area contributed by atoms with Crippen LogP contribution in [-0.2, 0) is 18.9 Å². The fourth-order valence-electron chi connectivity index (χ4n) is 2.99. The van der Waals surface area contributed by atoms with Crippen molar-refractivity contribution in [2.45, 2.75) is 97.6 Å². The van der Waals surface area contributed by atoms with E-state index in [0.717, 1.165) is 58.3 Å². The van der Waals surface area contributed by atoms with E-state index in [4.69, 9.17) is 18.9 Å². The van der Waals surface area contributed by atoms with Crippen molar-refractivity contribution in [1.29, 1.82) is 0 Å². The highest BCUT2D eigenvalue weighted by atomic mass is 16.6. The van der Waals surface area contributed by atoms with Crippen LogP contribution >= 0.6 is 0 Å². The number of ether oxygens (including phenoxy) is 4. The molecule has 0 aliphatic carbocycles. The van der Waals surface area contributed by atoms with Crippen LogP contribution in [0.5, 0.6) is 0 Å². The first-order chi connectivity index (χ1) is 11.7. The lowest BCUT2D eigenvalue weighted by Crippen LogP contribution is -2.40. The van der Waals surface area contributed by atoms with Crippen molar-refractivity contribution in [3.8, 4) is 0 Å². The Hall–Kier alpha value is -0.160. The maximum absolute atomic E-state index is 6.31. The monoisotopic (exact) mass is 344 g/mol. The average molecular weight is 345 g/mol. The van der Waals surface area contributed by atoms with Gasteiger partial charge < -0.3 is 18.9 Å². The van der Waals surface area contributed by atoms with Crippen molar-refractivity contribution >= 4 is 0 Å². The summed E-state index contributed by atoms with van der Waals surface area (Å²) in [6, 6.07) is 0. The summed E-state index contributed by atoms with van der Waals surface area (Å²) in [4.78, 5) is 0. The zero-order chi connectivity index (χ0) is 17.8. The Morgan fingerprint density at radius 3 is 1.88 bits per heavy atom. The second-order valence-electron chi connectivity index (χ2n) is 7.19. The second kappa shape index (κ2) is 13.1. The molecular weight excluding hydrogens is 304 g/mol. The van der Waals surface area contributed by atoms with Crippen LogP contribution in [0, 0.1) is 5.92 Å². The number of hydrogen-bond donors (Lipinski definition) is 0. The smallest absolute Gasteiger partial charge is 0.115 e. The molecule has 0 aromatic heterocycles. The molecule has 0 aromatic carbocycles. The molecule has 1 heterocycles. The molecule has 4 atom stereocenters. The maximum atomic E-state index is 6.31. The topological polar surface area (TPSA) is 36.9 Å². The lowest BCUT2D eigenvalue weighted by atomic mass is 9.99. The van der Waals surface area contributed by atoms with Gasteiger partial charge in [-0.3, -0.25) is 0 Å². The lowest BCUT2D eigenvalue weighted by Gasteiger charge is -2.26. The van der Waals surface area contributed by atoms with E-state index in [9.17, 15) is 0 Å². The standard InChI is InChI=1S/C20H40O4/c1-6-9-12-21-15-17-19(22-13-10-7-2)20(23-14-11-8-3)18(24-17)16(4)5/h16-20H,6-15H2,1-5H3/t17-,18+,19?,20?/m1/s1. The van der Waals surface area contributed by atoms with E-state index >= 15 is 0 Å². The highest BCUT2D eigenvalue weighted by molar-refractivity contribution is 4.94. The molecule has 0 saturated carbocycles. The predicted molar refractivity (Wildman–Crippen MR) is 98.5 cm³/mol. The van der Waals surface area contributed by atoms with Crippen LogP contribution in [0.2, 0.25) is 0 Å². The van der Waals surface area contributed by atoms with Gasteiger partial charge in [-0.15, -0.1) is 0 Å². The van der Waals surface area contributed by atoms with Crippen molar-refractivity contribution in [1.82, 2.24) is 0 Å². The van der Waals surface area contributed by atoms with Gasteiger partial charge in [-0.2, -0.15) is 0 Å². The van der Waals surface area contributed by atoms with E-state index in [2.05, 4.69) is 34.6 Å². The number of unbranched alkanes of at least 4 members (excludes halogenated alkanes) is 3. The molecular formula is C20H40O4. The van der Waals surface area contributed by atoms with Gasteiger partial charge in [0, 0.05) is 19.8 Å². The summed E-state index contributed by atoms with van der Waals surface area (Å²) in [6.07, 6.45) is 6.78. The van der Waals surface area contributed by atoms with Crippen LogP contribution in [0.3, 0.4) is 0 Å². The molecule has 1 aliphatic rings. The van der Waals surface area contributed by atoms with Crippen LogP contribution < -0.4 is 0 Å². The summed E-state index contributed by atoms with van der Waals surface area (Å²) in [7, 11) is 0. The van der Waals surface area contributed by atoms with Crippen LogP contribution in [-0.4, -0.2) is 50.8 Å². The van der Waals surface area contributed by atoms with Gasteiger partial charge in [-0.1, -0.05) is 53.9 Å². The first kappa shape index (κ1) is 21.9.